The van der Waals surface area contributed by atoms with Crippen molar-refractivity contribution in [2.24, 2.45) is 0 Å². The van der Waals surface area contributed by atoms with Gasteiger partial charge in [-0.15, -0.1) is 0 Å². The van der Waals surface area contributed by atoms with E-state index in [0.717, 1.165) is 11.1 Å². The molecule has 4 rings (SSSR count). The van der Waals surface area contributed by atoms with Crippen LogP contribution in [0.1, 0.15) is 15.9 Å². The summed E-state index contributed by atoms with van der Waals surface area (Å²) in [6.07, 6.45) is 1.70. The Balaban J connectivity index is 1.60. The van der Waals surface area contributed by atoms with Gasteiger partial charge in [-0.1, -0.05) is 29.8 Å². The Morgan fingerprint density at radius 3 is 2.15 bits per heavy atom. The fourth-order valence-corrected chi connectivity index (χ4v) is 3.88. The molecular formula is C25H28FN5O2. The van der Waals surface area contributed by atoms with Gasteiger partial charge in [0, 0.05) is 37.9 Å². The van der Waals surface area contributed by atoms with Crippen LogP contribution in [0.5, 0.6) is 0 Å². The van der Waals surface area contributed by atoms with Gasteiger partial charge < -0.3 is 14.7 Å². The van der Waals surface area contributed by atoms with Gasteiger partial charge in [-0.2, -0.15) is 5.10 Å². The van der Waals surface area contributed by atoms with Gasteiger partial charge in [-0.05, 0) is 45.3 Å². The Labute approximate surface area is 193 Å². The van der Waals surface area contributed by atoms with E-state index in [1.165, 1.54) is 12.1 Å². The molecule has 1 aliphatic rings. The van der Waals surface area contributed by atoms with Crippen molar-refractivity contribution in [2.45, 2.75) is 6.92 Å². The van der Waals surface area contributed by atoms with Gasteiger partial charge in [0.2, 0.25) is 5.91 Å². The van der Waals surface area contributed by atoms with Crippen molar-refractivity contribution < 1.29 is 14.0 Å². The van der Waals surface area contributed by atoms with Gasteiger partial charge in [0.15, 0.2) is 0 Å². The summed E-state index contributed by atoms with van der Waals surface area (Å²) in [6.45, 7) is 4.30. The van der Waals surface area contributed by atoms with Gasteiger partial charge in [0.05, 0.1) is 17.8 Å². The summed E-state index contributed by atoms with van der Waals surface area (Å²) in [5.41, 5.74) is 3.68. The molecule has 33 heavy (non-hydrogen) atoms. The number of nitrogens with zero attached hydrogens (tertiary/aromatic N) is 5. The average molecular weight is 450 g/mol. The van der Waals surface area contributed by atoms with Crippen LogP contribution >= 0.6 is 0 Å². The third-order valence-corrected chi connectivity index (χ3v) is 5.73. The van der Waals surface area contributed by atoms with Crippen molar-refractivity contribution in [3.8, 4) is 16.9 Å². The molecular weight excluding hydrogens is 421 g/mol. The normalized spacial score (nSPS) is 14.1. The Bertz CT molecular complexity index is 1130. The van der Waals surface area contributed by atoms with E-state index in [9.17, 15) is 14.0 Å². The smallest absolute Gasteiger partial charge is 0.257 e. The Kier molecular flexibility index (Phi) is 6.55. The maximum Gasteiger partial charge on any atom is 0.257 e. The maximum atomic E-state index is 13.5. The molecule has 0 radical (unpaired) electrons. The fourth-order valence-electron chi connectivity index (χ4n) is 3.88. The number of amides is 2. The molecule has 3 aromatic rings. The molecule has 2 aromatic carbocycles. The lowest BCUT2D eigenvalue weighted by molar-refractivity contribution is -0.133. The first-order valence-corrected chi connectivity index (χ1v) is 11.0. The summed E-state index contributed by atoms with van der Waals surface area (Å²) in [5.74, 6) is -0.391. The molecule has 0 aliphatic carbocycles. The Hall–Kier alpha value is -3.52. The minimum atomic E-state index is -0.331. The van der Waals surface area contributed by atoms with Crippen LogP contribution in [0.2, 0.25) is 0 Å². The molecule has 1 saturated heterocycles. The number of hydrogen-bond acceptors (Lipinski definition) is 4. The number of hydrogen-bond donors (Lipinski definition) is 0. The van der Waals surface area contributed by atoms with Gasteiger partial charge in [-0.3, -0.25) is 9.59 Å². The lowest BCUT2D eigenvalue weighted by Crippen LogP contribution is -2.52. The van der Waals surface area contributed by atoms with Crippen molar-refractivity contribution >= 4 is 11.8 Å². The highest BCUT2D eigenvalue weighted by Crippen LogP contribution is 2.26. The molecule has 0 bridgehead atoms. The van der Waals surface area contributed by atoms with E-state index in [1.54, 1.807) is 32.8 Å². The first-order chi connectivity index (χ1) is 15.8. The molecule has 7 nitrogen and oxygen atoms in total. The summed E-state index contributed by atoms with van der Waals surface area (Å²) < 4.78 is 15.0. The molecule has 2 heterocycles. The van der Waals surface area contributed by atoms with E-state index in [2.05, 4.69) is 5.10 Å². The molecule has 0 N–H and O–H groups in total. The van der Waals surface area contributed by atoms with Crippen molar-refractivity contribution in [3.63, 3.8) is 0 Å². The van der Waals surface area contributed by atoms with Crippen LogP contribution in [0, 0.1) is 12.7 Å². The SMILES string of the molecule is Cc1ccc(-c2nn(-c3ccc(F)cc3)cc2C(=O)N2CCN(C(=O)CN(C)C)CC2)cc1. The van der Waals surface area contributed by atoms with Crippen molar-refractivity contribution in [3.05, 3.63) is 71.7 Å². The number of aromatic nitrogens is 2. The molecule has 8 heteroatoms. The quantitative estimate of drug-likeness (QED) is 0.601. The average Bonchev–Trinajstić information content (AvgIpc) is 3.24. The number of likely N-dealkylation sites (N-methyl/N-ethyl adjacent to an activating group) is 1. The van der Waals surface area contributed by atoms with Crippen LogP contribution in [-0.4, -0.2) is 83.1 Å². The van der Waals surface area contributed by atoms with Gasteiger partial charge in [0.25, 0.3) is 5.91 Å². The molecule has 0 spiro atoms. The highest BCUT2D eigenvalue weighted by molar-refractivity contribution is 6.00. The van der Waals surface area contributed by atoms with Crippen molar-refractivity contribution in [1.29, 1.82) is 0 Å². The summed E-state index contributed by atoms with van der Waals surface area (Å²) in [7, 11) is 3.73. The number of halogens is 1. The Morgan fingerprint density at radius 1 is 0.939 bits per heavy atom. The highest BCUT2D eigenvalue weighted by atomic mass is 19.1. The standard InChI is InChI=1S/C25H28FN5O2/c1-18-4-6-19(7-5-18)24-22(16-31(27-24)21-10-8-20(26)9-11-21)25(33)30-14-12-29(13-15-30)23(32)17-28(2)3/h4-11,16H,12-15,17H2,1-3H3. The lowest BCUT2D eigenvalue weighted by Gasteiger charge is -2.35. The maximum absolute atomic E-state index is 13.5. The number of benzene rings is 2. The summed E-state index contributed by atoms with van der Waals surface area (Å²) in [5, 5.41) is 4.68. The zero-order chi connectivity index (χ0) is 23.5. The minimum Gasteiger partial charge on any atom is -0.338 e. The van der Waals surface area contributed by atoms with Crippen molar-refractivity contribution in [1.82, 2.24) is 24.5 Å². The second-order valence-corrected chi connectivity index (χ2v) is 8.59. The molecule has 1 aliphatic heterocycles. The van der Waals surface area contributed by atoms with Crippen LogP contribution in [0.25, 0.3) is 16.9 Å². The fraction of sp³-hybridized carbons (Fsp3) is 0.320. The Morgan fingerprint density at radius 2 is 1.55 bits per heavy atom. The topological polar surface area (TPSA) is 61.7 Å². The molecule has 0 saturated carbocycles. The molecule has 1 aromatic heterocycles. The zero-order valence-corrected chi connectivity index (χ0v) is 19.2. The number of aryl methyl sites for hydroxylation is 1. The van der Waals surface area contributed by atoms with E-state index >= 15 is 0 Å². The van der Waals surface area contributed by atoms with Crippen LogP contribution in [0.3, 0.4) is 0 Å². The summed E-state index contributed by atoms with van der Waals surface area (Å²) in [4.78, 5) is 31.3. The first-order valence-electron chi connectivity index (χ1n) is 11.0. The molecule has 2 amide bonds. The second-order valence-electron chi connectivity index (χ2n) is 8.59. The summed E-state index contributed by atoms with van der Waals surface area (Å²) in [6, 6.07) is 13.9. The highest BCUT2D eigenvalue weighted by Gasteiger charge is 2.28. The van der Waals surface area contributed by atoms with Gasteiger partial charge in [0.1, 0.15) is 11.5 Å². The lowest BCUT2D eigenvalue weighted by atomic mass is 10.1. The van der Waals surface area contributed by atoms with Crippen molar-refractivity contribution in [2.75, 3.05) is 46.8 Å². The third kappa shape index (κ3) is 5.12. The van der Waals surface area contributed by atoms with E-state index in [0.29, 0.717) is 49.7 Å². The third-order valence-electron chi connectivity index (χ3n) is 5.73. The molecule has 1 fully saturated rings. The van der Waals surface area contributed by atoms with Gasteiger partial charge >= 0.3 is 0 Å². The number of carbonyl (C=O) groups is 2. The summed E-state index contributed by atoms with van der Waals surface area (Å²) >= 11 is 0. The van der Waals surface area contributed by atoms with E-state index < -0.39 is 0 Å². The first kappa shape index (κ1) is 22.7. The predicted molar refractivity (Wildman–Crippen MR) is 125 cm³/mol. The van der Waals surface area contributed by atoms with E-state index in [4.69, 9.17) is 0 Å². The van der Waals surface area contributed by atoms with Crippen LogP contribution in [-0.2, 0) is 4.79 Å². The number of carbonyl (C=O) groups excluding carboxylic acids is 2. The number of rotatable bonds is 5. The number of piperazine rings is 1. The largest absolute Gasteiger partial charge is 0.338 e. The van der Waals surface area contributed by atoms with E-state index in [1.807, 2.05) is 50.2 Å². The van der Waals surface area contributed by atoms with Crippen LogP contribution in [0.4, 0.5) is 4.39 Å². The predicted octanol–water partition coefficient (Wildman–Crippen LogP) is 2.83. The van der Waals surface area contributed by atoms with Crippen LogP contribution < -0.4 is 0 Å². The molecule has 0 atom stereocenters. The van der Waals surface area contributed by atoms with E-state index in [-0.39, 0.29) is 17.6 Å². The van der Waals surface area contributed by atoms with Crippen LogP contribution in [0.15, 0.2) is 54.7 Å². The monoisotopic (exact) mass is 449 g/mol. The second kappa shape index (κ2) is 9.54. The molecule has 172 valence electrons. The molecule has 0 unspecified atom stereocenters. The minimum absolute atomic E-state index is 0.0663. The zero-order valence-electron chi connectivity index (χ0n) is 19.2. The van der Waals surface area contributed by atoms with Gasteiger partial charge in [-0.25, -0.2) is 9.07 Å².